The van der Waals surface area contributed by atoms with Crippen LogP contribution in [0.3, 0.4) is 0 Å². The van der Waals surface area contributed by atoms with Crippen LogP contribution in [0.15, 0.2) is 6.07 Å². The molecule has 16 heavy (non-hydrogen) atoms. The minimum atomic E-state index is -0.517. The Labute approximate surface area is 98.0 Å². The van der Waals surface area contributed by atoms with E-state index in [1.54, 1.807) is 13.0 Å². The van der Waals surface area contributed by atoms with Crippen molar-refractivity contribution in [1.82, 2.24) is 4.90 Å². The molecule has 88 valence electrons. The molecule has 0 aliphatic heterocycles. The Balaban J connectivity index is 2.86. The van der Waals surface area contributed by atoms with E-state index in [9.17, 15) is 9.59 Å². The fourth-order valence-corrected chi connectivity index (χ4v) is 2.18. The van der Waals surface area contributed by atoms with Gasteiger partial charge in [-0.05, 0) is 19.9 Å². The molecule has 0 atom stereocenters. The van der Waals surface area contributed by atoms with Crippen LogP contribution in [0, 0.1) is 6.92 Å². The van der Waals surface area contributed by atoms with Crippen molar-refractivity contribution in [3.05, 3.63) is 15.8 Å². The molecule has 2 amide bonds. The lowest BCUT2D eigenvalue weighted by molar-refractivity contribution is -0.118. The van der Waals surface area contributed by atoms with Gasteiger partial charge in [0.1, 0.15) is 0 Å². The zero-order valence-corrected chi connectivity index (χ0v) is 10.1. The standard InChI is InChI=1S/C10H15N3O2S/c1-3-13(5-9(12)14)10(15)8-4-7(11)6(2)16-8/h4H,3,5,11H2,1-2H3,(H2,12,14). The van der Waals surface area contributed by atoms with Crippen molar-refractivity contribution in [1.29, 1.82) is 0 Å². The number of likely N-dealkylation sites (N-methyl/N-ethyl adjacent to an activating group) is 1. The van der Waals surface area contributed by atoms with E-state index in [0.717, 1.165) is 4.88 Å². The first-order valence-corrected chi connectivity index (χ1v) is 5.70. The van der Waals surface area contributed by atoms with Crippen LogP contribution in [0.5, 0.6) is 0 Å². The van der Waals surface area contributed by atoms with Gasteiger partial charge in [-0.15, -0.1) is 11.3 Å². The molecule has 0 aromatic carbocycles. The van der Waals surface area contributed by atoms with Gasteiger partial charge in [0.25, 0.3) is 5.91 Å². The van der Waals surface area contributed by atoms with Gasteiger partial charge in [-0.25, -0.2) is 0 Å². The highest BCUT2D eigenvalue weighted by molar-refractivity contribution is 7.14. The molecule has 5 nitrogen and oxygen atoms in total. The van der Waals surface area contributed by atoms with Gasteiger partial charge in [-0.1, -0.05) is 0 Å². The van der Waals surface area contributed by atoms with Crippen molar-refractivity contribution < 1.29 is 9.59 Å². The maximum Gasteiger partial charge on any atom is 0.264 e. The molecular formula is C10H15N3O2S. The van der Waals surface area contributed by atoms with Crippen LogP contribution in [0.2, 0.25) is 0 Å². The average molecular weight is 241 g/mol. The van der Waals surface area contributed by atoms with Gasteiger partial charge >= 0.3 is 0 Å². The van der Waals surface area contributed by atoms with Crippen molar-refractivity contribution in [2.75, 3.05) is 18.8 Å². The zero-order chi connectivity index (χ0) is 12.3. The van der Waals surface area contributed by atoms with Gasteiger partial charge in [0.2, 0.25) is 5.91 Å². The van der Waals surface area contributed by atoms with Gasteiger partial charge in [0.15, 0.2) is 0 Å². The number of carbonyl (C=O) groups excluding carboxylic acids is 2. The van der Waals surface area contributed by atoms with Crippen LogP contribution in [-0.2, 0) is 4.79 Å². The largest absolute Gasteiger partial charge is 0.398 e. The second-order valence-corrected chi connectivity index (χ2v) is 4.66. The topological polar surface area (TPSA) is 89.4 Å². The van der Waals surface area contributed by atoms with Gasteiger partial charge in [-0.3, -0.25) is 9.59 Å². The van der Waals surface area contributed by atoms with E-state index >= 15 is 0 Å². The van der Waals surface area contributed by atoms with Crippen LogP contribution in [-0.4, -0.2) is 29.8 Å². The number of hydrogen-bond acceptors (Lipinski definition) is 4. The number of nitrogen functional groups attached to an aromatic ring is 1. The number of primary amides is 1. The summed E-state index contributed by atoms with van der Waals surface area (Å²) in [7, 11) is 0. The quantitative estimate of drug-likeness (QED) is 0.808. The molecule has 1 aromatic rings. The van der Waals surface area contributed by atoms with Crippen LogP contribution < -0.4 is 11.5 Å². The summed E-state index contributed by atoms with van der Waals surface area (Å²) in [5.74, 6) is -0.720. The lowest BCUT2D eigenvalue weighted by atomic mass is 10.3. The Kier molecular flexibility index (Phi) is 3.89. The highest BCUT2D eigenvalue weighted by Crippen LogP contribution is 2.24. The molecule has 6 heteroatoms. The first-order chi connectivity index (χ1) is 7.45. The SMILES string of the molecule is CCN(CC(N)=O)C(=O)c1cc(N)c(C)s1. The molecule has 1 aromatic heterocycles. The van der Waals surface area contributed by atoms with Crippen LogP contribution in [0.1, 0.15) is 21.5 Å². The molecule has 0 fully saturated rings. The highest BCUT2D eigenvalue weighted by Gasteiger charge is 2.18. The van der Waals surface area contributed by atoms with Crippen molar-refractivity contribution >= 4 is 28.8 Å². The third-order valence-electron chi connectivity index (χ3n) is 2.18. The first kappa shape index (κ1) is 12.5. The lowest BCUT2D eigenvalue weighted by Crippen LogP contribution is -2.37. The predicted molar refractivity (Wildman–Crippen MR) is 64.2 cm³/mol. The molecule has 1 rings (SSSR count). The van der Waals surface area contributed by atoms with E-state index < -0.39 is 5.91 Å². The summed E-state index contributed by atoms with van der Waals surface area (Å²) in [5, 5.41) is 0. The molecule has 0 unspecified atom stereocenters. The molecule has 0 bridgehead atoms. The maximum atomic E-state index is 11.9. The van der Waals surface area contributed by atoms with E-state index in [1.165, 1.54) is 16.2 Å². The monoisotopic (exact) mass is 241 g/mol. The third kappa shape index (κ3) is 2.73. The maximum absolute atomic E-state index is 11.9. The number of anilines is 1. The third-order valence-corrected chi connectivity index (χ3v) is 3.24. The van der Waals surface area contributed by atoms with Crippen LogP contribution in [0.4, 0.5) is 5.69 Å². The number of nitrogens with zero attached hydrogens (tertiary/aromatic N) is 1. The van der Waals surface area contributed by atoms with Gasteiger partial charge in [-0.2, -0.15) is 0 Å². The summed E-state index contributed by atoms with van der Waals surface area (Å²) in [6, 6.07) is 1.63. The van der Waals surface area contributed by atoms with E-state index in [2.05, 4.69) is 0 Å². The number of carbonyl (C=O) groups is 2. The summed E-state index contributed by atoms with van der Waals surface area (Å²) >= 11 is 1.32. The number of rotatable bonds is 4. The average Bonchev–Trinajstić information content (AvgIpc) is 2.54. The number of amides is 2. The van der Waals surface area contributed by atoms with Crippen molar-refractivity contribution in [2.24, 2.45) is 5.73 Å². The summed E-state index contributed by atoms with van der Waals surface area (Å²) in [4.78, 5) is 25.6. The molecular weight excluding hydrogens is 226 g/mol. The molecule has 0 radical (unpaired) electrons. The van der Waals surface area contributed by atoms with Crippen molar-refractivity contribution in [3.8, 4) is 0 Å². The van der Waals surface area contributed by atoms with E-state index in [1.807, 2.05) is 6.92 Å². The minimum Gasteiger partial charge on any atom is -0.398 e. The molecule has 0 aliphatic carbocycles. The Morgan fingerprint density at radius 2 is 2.12 bits per heavy atom. The Morgan fingerprint density at radius 3 is 2.50 bits per heavy atom. The molecule has 0 aliphatic rings. The normalized spacial score (nSPS) is 10.1. The van der Waals surface area contributed by atoms with E-state index in [0.29, 0.717) is 17.1 Å². The fourth-order valence-electron chi connectivity index (χ4n) is 1.27. The molecule has 4 N–H and O–H groups in total. The van der Waals surface area contributed by atoms with Crippen LogP contribution >= 0.6 is 11.3 Å². The summed E-state index contributed by atoms with van der Waals surface area (Å²) < 4.78 is 0. The molecule has 1 heterocycles. The zero-order valence-electron chi connectivity index (χ0n) is 9.32. The second-order valence-electron chi connectivity index (χ2n) is 3.41. The minimum absolute atomic E-state index is 0.0633. The number of thiophene rings is 1. The Bertz CT molecular complexity index is 395. The van der Waals surface area contributed by atoms with Crippen molar-refractivity contribution in [3.63, 3.8) is 0 Å². The van der Waals surface area contributed by atoms with Gasteiger partial charge < -0.3 is 16.4 Å². The fraction of sp³-hybridized carbons (Fsp3) is 0.400. The number of hydrogen-bond donors (Lipinski definition) is 2. The second kappa shape index (κ2) is 4.98. The summed E-state index contributed by atoms with van der Waals surface area (Å²) in [6.07, 6.45) is 0. The Morgan fingerprint density at radius 1 is 1.50 bits per heavy atom. The smallest absolute Gasteiger partial charge is 0.264 e. The molecule has 0 saturated carbocycles. The molecule has 0 saturated heterocycles. The van der Waals surface area contributed by atoms with E-state index in [-0.39, 0.29) is 12.5 Å². The molecule has 0 spiro atoms. The van der Waals surface area contributed by atoms with Crippen LogP contribution in [0.25, 0.3) is 0 Å². The van der Waals surface area contributed by atoms with Crippen molar-refractivity contribution in [2.45, 2.75) is 13.8 Å². The Hall–Kier alpha value is -1.56. The number of nitrogens with two attached hydrogens (primary N) is 2. The van der Waals surface area contributed by atoms with E-state index in [4.69, 9.17) is 11.5 Å². The summed E-state index contributed by atoms with van der Waals surface area (Å²) in [6.45, 7) is 4.02. The van der Waals surface area contributed by atoms with Gasteiger partial charge in [0.05, 0.1) is 11.4 Å². The van der Waals surface area contributed by atoms with Gasteiger partial charge in [0, 0.05) is 17.1 Å². The first-order valence-electron chi connectivity index (χ1n) is 4.89. The lowest BCUT2D eigenvalue weighted by Gasteiger charge is -2.17. The summed E-state index contributed by atoms with van der Waals surface area (Å²) in [5.41, 5.74) is 11.3. The number of aryl methyl sites for hydroxylation is 1. The highest BCUT2D eigenvalue weighted by atomic mass is 32.1. The predicted octanol–water partition coefficient (Wildman–Crippen LogP) is 0.586.